The lowest BCUT2D eigenvalue weighted by atomic mass is 9.98. The van der Waals surface area contributed by atoms with Crippen molar-refractivity contribution in [1.82, 2.24) is 9.97 Å². The minimum Gasteiger partial charge on any atom is -0.449 e. The SMILES string of the molecule is Cc1cccc2c1N(c1cc(CF)c(NC(=S)CCCc3cnco3)c(C)n1)CCC2. The van der Waals surface area contributed by atoms with Gasteiger partial charge in [0.25, 0.3) is 0 Å². The van der Waals surface area contributed by atoms with Crippen LogP contribution in [0.5, 0.6) is 0 Å². The Bertz CT molecular complexity index is 1070. The Hall–Kier alpha value is -2.80. The van der Waals surface area contributed by atoms with Crippen LogP contribution in [0.4, 0.5) is 21.6 Å². The van der Waals surface area contributed by atoms with E-state index in [1.165, 1.54) is 23.2 Å². The molecule has 1 aliphatic rings. The monoisotopic (exact) mass is 438 g/mol. The molecule has 2 aromatic heterocycles. The van der Waals surface area contributed by atoms with Gasteiger partial charge in [0.05, 0.1) is 22.6 Å². The zero-order chi connectivity index (χ0) is 21.8. The molecular weight excluding hydrogens is 411 g/mol. The van der Waals surface area contributed by atoms with Crippen molar-refractivity contribution >= 4 is 34.4 Å². The molecule has 0 spiro atoms. The molecule has 1 aliphatic heterocycles. The number of halogens is 1. The standard InChI is InChI=1S/C24H27FN4OS/c1-16-6-3-7-18-8-5-11-29(24(16)18)21-12-19(13-25)23(17(2)27-21)28-22(31)10-4-9-20-14-26-15-30-20/h3,6-7,12,14-15H,4-5,8-11,13H2,1-2H3,(H,28,31). The van der Waals surface area contributed by atoms with Crippen molar-refractivity contribution in [2.24, 2.45) is 0 Å². The molecule has 4 rings (SSSR count). The van der Waals surface area contributed by atoms with Gasteiger partial charge < -0.3 is 14.6 Å². The Morgan fingerprint density at radius 1 is 1.32 bits per heavy atom. The molecule has 0 amide bonds. The minimum absolute atomic E-state index is 0.576. The largest absolute Gasteiger partial charge is 0.449 e. The Morgan fingerprint density at radius 3 is 2.97 bits per heavy atom. The fourth-order valence-electron chi connectivity index (χ4n) is 4.20. The molecule has 5 nitrogen and oxygen atoms in total. The van der Waals surface area contributed by atoms with Crippen molar-refractivity contribution in [1.29, 1.82) is 0 Å². The van der Waals surface area contributed by atoms with Crippen LogP contribution in [0, 0.1) is 13.8 Å². The first-order valence-electron chi connectivity index (χ1n) is 10.7. The minimum atomic E-state index is -0.576. The van der Waals surface area contributed by atoms with Crippen LogP contribution in [0.3, 0.4) is 0 Å². The molecule has 31 heavy (non-hydrogen) atoms. The molecular formula is C24H27FN4OS. The van der Waals surface area contributed by atoms with Crippen molar-refractivity contribution in [3.63, 3.8) is 0 Å². The van der Waals surface area contributed by atoms with Crippen LogP contribution >= 0.6 is 12.2 Å². The lowest BCUT2D eigenvalue weighted by Gasteiger charge is -2.32. The van der Waals surface area contributed by atoms with Gasteiger partial charge in [0.15, 0.2) is 6.39 Å². The first kappa shape index (κ1) is 21.4. The summed E-state index contributed by atoms with van der Waals surface area (Å²) in [6.07, 6.45) is 7.54. The smallest absolute Gasteiger partial charge is 0.180 e. The third kappa shape index (κ3) is 4.77. The molecule has 0 fully saturated rings. The molecule has 0 unspecified atom stereocenters. The van der Waals surface area contributed by atoms with Gasteiger partial charge in [-0.25, -0.2) is 14.4 Å². The van der Waals surface area contributed by atoms with Crippen LogP contribution in [-0.2, 0) is 19.5 Å². The molecule has 1 aromatic carbocycles. The van der Waals surface area contributed by atoms with Gasteiger partial charge in [-0.3, -0.25) is 0 Å². The number of pyridine rings is 1. The average Bonchev–Trinajstić information content (AvgIpc) is 3.28. The summed E-state index contributed by atoms with van der Waals surface area (Å²) < 4.78 is 19.3. The van der Waals surface area contributed by atoms with E-state index in [-0.39, 0.29) is 0 Å². The lowest BCUT2D eigenvalue weighted by Crippen LogP contribution is -2.27. The maximum atomic E-state index is 14.0. The van der Waals surface area contributed by atoms with E-state index < -0.39 is 6.67 Å². The number of benzene rings is 1. The highest BCUT2D eigenvalue weighted by atomic mass is 32.1. The number of para-hydroxylation sites is 1. The number of thiocarbonyl (C=S) groups is 1. The first-order valence-corrected chi connectivity index (χ1v) is 11.1. The van der Waals surface area contributed by atoms with Crippen LogP contribution in [0.15, 0.2) is 41.3 Å². The number of nitrogens with zero attached hydrogens (tertiary/aromatic N) is 3. The van der Waals surface area contributed by atoms with Gasteiger partial charge in [0.2, 0.25) is 0 Å². The highest BCUT2D eigenvalue weighted by molar-refractivity contribution is 7.80. The summed E-state index contributed by atoms with van der Waals surface area (Å²) in [5, 5.41) is 3.23. The second kappa shape index (κ2) is 9.56. The third-order valence-electron chi connectivity index (χ3n) is 5.68. The lowest BCUT2D eigenvalue weighted by molar-refractivity contribution is 0.486. The Morgan fingerprint density at radius 2 is 2.19 bits per heavy atom. The molecule has 3 aromatic rings. The number of hydrogen-bond donors (Lipinski definition) is 1. The van der Waals surface area contributed by atoms with Crippen molar-refractivity contribution in [3.8, 4) is 0 Å². The molecule has 0 aliphatic carbocycles. The van der Waals surface area contributed by atoms with E-state index in [1.54, 1.807) is 6.20 Å². The number of oxazole rings is 1. The molecule has 0 saturated heterocycles. The zero-order valence-electron chi connectivity index (χ0n) is 17.9. The zero-order valence-corrected chi connectivity index (χ0v) is 18.8. The summed E-state index contributed by atoms with van der Waals surface area (Å²) >= 11 is 5.51. The predicted molar refractivity (Wildman–Crippen MR) is 126 cm³/mol. The number of rotatable bonds is 7. The van der Waals surface area contributed by atoms with Crippen molar-refractivity contribution < 1.29 is 8.81 Å². The van der Waals surface area contributed by atoms with E-state index >= 15 is 0 Å². The van der Waals surface area contributed by atoms with Crippen LogP contribution in [0.1, 0.15) is 47.4 Å². The van der Waals surface area contributed by atoms with E-state index in [2.05, 4.69) is 40.3 Å². The summed E-state index contributed by atoms with van der Waals surface area (Å²) in [5.74, 6) is 1.63. The molecule has 162 valence electrons. The van der Waals surface area contributed by atoms with Gasteiger partial charge in [0, 0.05) is 24.2 Å². The number of anilines is 3. The number of aryl methyl sites for hydroxylation is 4. The molecule has 0 radical (unpaired) electrons. The van der Waals surface area contributed by atoms with Gasteiger partial charge in [-0.1, -0.05) is 30.4 Å². The predicted octanol–water partition coefficient (Wildman–Crippen LogP) is 6.00. The maximum absolute atomic E-state index is 14.0. The van der Waals surface area contributed by atoms with Crippen LogP contribution in [-0.4, -0.2) is 21.5 Å². The highest BCUT2D eigenvalue weighted by Gasteiger charge is 2.23. The van der Waals surface area contributed by atoms with Crippen molar-refractivity contribution in [2.45, 2.75) is 52.6 Å². The molecule has 7 heteroatoms. The molecule has 3 heterocycles. The highest BCUT2D eigenvalue weighted by Crippen LogP contribution is 2.37. The van der Waals surface area contributed by atoms with Gasteiger partial charge in [-0.15, -0.1) is 0 Å². The van der Waals surface area contributed by atoms with Crippen molar-refractivity contribution in [3.05, 3.63) is 65.0 Å². The van der Waals surface area contributed by atoms with Crippen LogP contribution in [0.25, 0.3) is 0 Å². The maximum Gasteiger partial charge on any atom is 0.180 e. The van der Waals surface area contributed by atoms with Gasteiger partial charge in [-0.2, -0.15) is 0 Å². The first-order chi connectivity index (χ1) is 15.1. The van der Waals surface area contributed by atoms with E-state index in [0.29, 0.717) is 22.7 Å². The Labute approximate surface area is 187 Å². The summed E-state index contributed by atoms with van der Waals surface area (Å²) in [6.45, 7) is 4.33. The molecule has 0 saturated carbocycles. The second-order valence-electron chi connectivity index (χ2n) is 7.94. The summed E-state index contributed by atoms with van der Waals surface area (Å²) in [6, 6.07) is 8.24. The second-order valence-corrected chi connectivity index (χ2v) is 8.43. The number of aromatic nitrogens is 2. The van der Waals surface area contributed by atoms with Crippen LogP contribution < -0.4 is 10.2 Å². The van der Waals surface area contributed by atoms with E-state index in [1.807, 2.05) is 13.0 Å². The van der Waals surface area contributed by atoms with Gasteiger partial charge >= 0.3 is 0 Å². The summed E-state index contributed by atoms with van der Waals surface area (Å²) in [5.41, 5.74) is 5.76. The normalized spacial score (nSPS) is 13.2. The molecule has 0 bridgehead atoms. The quantitative estimate of drug-likeness (QED) is 0.457. The fourth-order valence-corrected chi connectivity index (χ4v) is 4.45. The Balaban J connectivity index is 1.52. The number of nitrogens with one attached hydrogen (secondary N) is 1. The van der Waals surface area contributed by atoms with Gasteiger partial charge in [0.1, 0.15) is 18.3 Å². The van der Waals surface area contributed by atoms with Crippen molar-refractivity contribution in [2.75, 3.05) is 16.8 Å². The Kier molecular flexibility index (Phi) is 6.61. The molecule has 0 atom stereocenters. The number of alkyl halides is 1. The van der Waals surface area contributed by atoms with E-state index in [4.69, 9.17) is 21.6 Å². The average molecular weight is 439 g/mol. The van der Waals surface area contributed by atoms with E-state index in [0.717, 1.165) is 49.5 Å². The summed E-state index contributed by atoms with van der Waals surface area (Å²) in [4.78, 5) is 11.6. The number of hydrogen-bond acceptors (Lipinski definition) is 5. The van der Waals surface area contributed by atoms with Crippen LogP contribution in [0.2, 0.25) is 0 Å². The molecule has 1 N–H and O–H groups in total. The number of fused-ring (bicyclic) bond motifs is 1. The summed E-state index contributed by atoms with van der Waals surface area (Å²) in [7, 11) is 0. The van der Waals surface area contributed by atoms with E-state index in [9.17, 15) is 4.39 Å². The topological polar surface area (TPSA) is 54.2 Å². The fraction of sp³-hybridized carbons (Fsp3) is 0.375. The van der Waals surface area contributed by atoms with Gasteiger partial charge in [-0.05, 0) is 56.7 Å². The third-order valence-corrected chi connectivity index (χ3v) is 5.99.